The average molecular weight is 396 g/mol. The van der Waals surface area contributed by atoms with E-state index < -0.39 is 12.1 Å². The van der Waals surface area contributed by atoms with Gasteiger partial charge < -0.3 is 19.7 Å². The fourth-order valence-electron chi connectivity index (χ4n) is 3.08. The van der Waals surface area contributed by atoms with E-state index in [2.05, 4.69) is 5.32 Å². The van der Waals surface area contributed by atoms with Crippen LogP contribution in [0, 0.1) is 0 Å². The number of rotatable bonds is 7. The zero-order chi connectivity index (χ0) is 20.8. The maximum atomic E-state index is 12.4. The average Bonchev–Trinajstić information content (AvgIpc) is 3.18. The molecule has 1 atom stereocenters. The first kappa shape index (κ1) is 20.4. The van der Waals surface area contributed by atoms with Crippen molar-refractivity contribution in [3.05, 3.63) is 59.7 Å². The number of benzene rings is 2. The van der Waals surface area contributed by atoms with Gasteiger partial charge >= 0.3 is 5.97 Å². The van der Waals surface area contributed by atoms with E-state index in [9.17, 15) is 14.4 Å². The van der Waals surface area contributed by atoms with Gasteiger partial charge in [0.15, 0.2) is 6.10 Å². The van der Waals surface area contributed by atoms with Crippen molar-refractivity contribution in [2.45, 2.75) is 32.4 Å². The SMILES string of the molecule is COc1ccc(CNC(=O)[C@H](C)OC(=O)c2cccc(N3CCCC3=O)c2)cc1. The minimum absolute atomic E-state index is 0.0433. The minimum atomic E-state index is -0.946. The lowest BCUT2D eigenvalue weighted by Gasteiger charge is -2.17. The lowest BCUT2D eigenvalue weighted by atomic mass is 10.2. The number of amides is 2. The maximum absolute atomic E-state index is 12.4. The Balaban J connectivity index is 1.55. The molecule has 29 heavy (non-hydrogen) atoms. The summed E-state index contributed by atoms with van der Waals surface area (Å²) < 4.78 is 10.4. The number of carbonyl (C=O) groups is 3. The zero-order valence-electron chi connectivity index (χ0n) is 16.5. The summed E-state index contributed by atoms with van der Waals surface area (Å²) in [5.41, 5.74) is 1.87. The van der Waals surface area contributed by atoms with Crippen molar-refractivity contribution in [1.82, 2.24) is 5.32 Å². The van der Waals surface area contributed by atoms with E-state index in [4.69, 9.17) is 9.47 Å². The quantitative estimate of drug-likeness (QED) is 0.728. The van der Waals surface area contributed by atoms with Crippen molar-refractivity contribution in [2.24, 2.45) is 0 Å². The number of anilines is 1. The summed E-state index contributed by atoms with van der Waals surface area (Å²) in [5.74, 6) is -0.215. The van der Waals surface area contributed by atoms with E-state index in [1.165, 1.54) is 6.92 Å². The number of nitrogens with zero attached hydrogens (tertiary/aromatic N) is 1. The first-order valence-corrected chi connectivity index (χ1v) is 9.50. The van der Waals surface area contributed by atoms with Crippen LogP contribution in [0.2, 0.25) is 0 Å². The van der Waals surface area contributed by atoms with Crippen LogP contribution in [0.25, 0.3) is 0 Å². The lowest BCUT2D eigenvalue weighted by Crippen LogP contribution is -2.35. The van der Waals surface area contributed by atoms with Crippen molar-refractivity contribution in [3.63, 3.8) is 0 Å². The highest BCUT2D eigenvalue weighted by atomic mass is 16.5. The van der Waals surface area contributed by atoms with Gasteiger partial charge in [-0.25, -0.2) is 4.79 Å². The van der Waals surface area contributed by atoms with E-state index in [1.54, 1.807) is 36.3 Å². The lowest BCUT2D eigenvalue weighted by molar-refractivity contribution is -0.129. The molecule has 152 valence electrons. The van der Waals surface area contributed by atoms with Crippen LogP contribution < -0.4 is 15.0 Å². The van der Waals surface area contributed by atoms with Gasteiger partial charge in [0.1, 0.15) is 5.75 Å². The Labute approximate surface area is 169 Å². The number of ether oxygens (including phenoxy) is 2. The Morgan fingerprint density at radius 2 is 1.93 bits per heavy atom. The van der Waals surface area contributed by atoms with E-state index in [0.717, 1.165) is 17.7 Å². The summed E-state index contributed by atoms with van der Waals surface area (Å²) in [6, 6.07) is 14.0. The van der Waals surface area contributed by atoms with E-state index in [-0.39, 0.29) is 11.8 Å². The molecule has 2 aromatic carbocycles. The number of hydrogen-bond donors (Lipinski definition) is 1. The molecular weight excluding hydrogens is 372 g/mol. The summed E-state index contributed by atoms with van der Waals surface area (Å²) in [5, 5.41) is 2.75. The summed E-state index contributed by atoms with van der Waals surface area (Å²) in [4.78, 5) is 38.2. The number of esters is 1. The van der Waals surface area contributed by atoms with Crippen LogP contribution in [0.4, 0.5) is 5.69 Å². The van der Waals surface area contributed by atoms with E-state index in [0.29, 0.717) is 30.8 Å². The van der Waals surface area contributed by atoms with Crippen LogP contribution in [0.15, 0.2) is 48.5 Å². The van der Waals surface area contributed by atoms with Gasteiger partial charge in [0.25, 0.3) is 5.91 Å². The molecule has 2 aromatic rings. The summed E-state index contributed by atoms with van der Waals surface area (Å²) >= 11 is 0. The molecule has 0 aliphatic carbocycles. The number of hydrogen-bond acceptors (Lipinski definition) is 5. The van der Waals surface area contributed by atoms with Crippen LogP contribution in [0.5, 0.6) is 5.75 Å². The second kappa shape index (κ2) is 9.23. The molecule has 1 saturated heterocycles. The largest absolute Gasteiger partial charge is 0.497 e. The van der Waals surface area contributed by atoms with Crippen molar-refractivity contribution < 1.29 is 23.9 Å². The molecule has 0 spiro atoms. The number of methoxy groups -OCH3 is 1. The smallest absolute Gasteiger partial charge is 0.338 e. The topological polar surface area (TPSA) is 84.9 Å². The Bertz CT molecular complexity index is 894. The second-order valence-electron chi connectivity index (χ2n) is 6.81. The number of nitrogens with one attached hydrogen (secondary N) is 1. The normalized spacial score (nSPS) is 14.4. The number of carbonyl (C=O) groups excluding carboxylic acids is 3. The van der Waals surface area contributed by atoms with Gasteiger partial charge in [-0.1, -0.05) is 18.2 Å². The van der Waals surface area contributed by atoms with Crippen LogP contribution in [0.1, 0.15) is 35.7 Å². The Morgan fingerprint density at radius 3 is 2.59 bits per heavy atom. The molecule has 0 radical (unpaired) electrons. The Morgan fingerprint density at radius 1 is 1.17 bits per heavy atom. The van der Waals surface area contributed by atoms with E-state index in [1.807, 2.05) is 24.3 Å². The van der Waals surface area contributed by atoms with E-state index >= 15 is 0 Å². The molecule has 0 saturated carbocycles. The third-order valence-corrected chi connectivity index (χ3v) is 4.75. The Hall–Kier alpha value is -3.35. The highest BCUT2D eigenvalue weighted by molar-refractivity contribution is 5.98. The Kier molecular flexibility index (Phi) is 6.49. The van der Waals surface area contributed by atoms with Gasteiger partial charge in [-0.15, -0.1) is 0 Å². The van der Waals surface area contributed by atoms with Crippen LogP contribution in [-0.4, -0.2) is 37.5 Å². The molecule has 7 nitrogen and oxygen atoms in total. The first-order chi connectivity index (χ1) is 14.0. The molecule has 1 fully saturated rings. The predicted octanol–water partition coefficient (Wildman–Crippen LogP) is 2.68. The van der Waals surface area contributed by atoms with Crippen molar-refractivity contribution in [2.75, 3.05) is 18.6 Å². The summed E-state index contributed by atoms with van der Waals surface area (Å²) in [7, 11) is 1.59. The minimum Gasteiger partial charge on any atom is -0.497 e. The fraction of sp³-hybridized carbons (Fsp3) is 0.318. The zero-order valence-corrected chi connectivity index (χ0v) is 16.5. The predicted molar refractivity (Wildman–Crippen MR) is 108 cm³/mol. The van der Waals surface area contributed by atoms with Crippen LogP contribution in [0.3, 0.4) is 0 Å². The van der Waals surface area contributed by atoms with Crippen molar-refractivity contribution in [1.29, 1.82) is 0 Å². The molecule has 0 unspecified atom stereocenters. The van der Waals surface area contributed by atoms with Crippen LogP contribution >= 0.6 is 0 Å². The summed E-state index contributed by atoms with van der Waals surface area (Å²) in [6.07, 6.45) is 0.372. The van der Waals surface area contributed by atoms with Crippen LogP contribution in [-0.2, 0) is 20.9 Å². The van der Waals surface area contributed by atoms with Gasteiger partial charge in [-0.05, 0) is 49.2 Å². The third-order valence-electron chi connectivity index (χ3n) is 4.75. The second-order valence-corrected chi connectivity index (χ2v) is 6.81. The molecule has 2 amide bonds. The molecule has 7 heteroatoms. The molecule has 3 rings (SSSR count). The first-order valence-electron chi connectivity index (χ1n) is 9.50. The highest BCUT2D eigenvalue weighted by Gasteiger charge is 2.23. The standard InChI is InChI=1S/C22H24N2O5/c1-15(21(26)23-14-16-8-10-19(28-2)11-9-16)29-22(27)17-5-3-6-18(13-17)24-12-4-7-20(24)25/h3,5-6,8-11,13,15H,4,7,12,14H2,1-2H3,(H,23,26)/t15-/m0/s1. The molecule has 0 aromatic heterocycles. The molecule has 1 aliphatic heterocycles. The molecular formula is C22H24N2O5. The maximum Gasteiger partial charge on any atom is 0.338 e. The third kappa shape index (κ3) is 5.13. The van der Waals surface area contributed by atoms with Gasteiger partial charge in [-0.2, -0.15) is 0 Å². The van der Waals surface area contributed by atoms with Crippen molar-refractivity contribution >= 4 is 23.5 Å². The fourth-order valence-corrected chi connectivity index (χ4v) is 3.08. The monoisotopic (exact) mass is 396 g/mol. The van der Waals surface area contributed by atoms with Crippen molar-refractivity contribution in [3.8, 4) is 5.75 Å². The molecule has 0 bridgehead atoms. The molecule has 1 N–H and O–H groups in total. The van der Waals surface area contributed by atoms with Gasteiger partial charge in [0.2, 0.25) is 5.91 Å². The van der Waals surface area contributed by atoms with Gasteiger partial charge in [-0.3, -0.25) is 9.59 Å². The summed E-state index contributed by atoms with van der Waals surface area (Å²) in [6.45, 7) is 2.48. The van der Waals surface area contributed by atoms with Gasteiger partial charge in [0.05, 0.1) is 12.7 Å². The highest BCUT2D eigenvalue weighted by Crippen LogP contribution is 2.22. The molecule has 1 heterocycles. The molecule has 1 aliphatic rings. The van der Waals surface area contributed by atoms with Gasteiger partial charge in [0, 0.05) is 25.2 Å².